The smallest absolute Gasteiger partial charge is 0.321 e. The number of amides is 2. The van der Waals surface area contributed by atoms with Crippen LogP contribution in [0.4, 0.5) is 10.5 Å². The Labute approximate surface area is 156 Å². The van der Waals surface area contributed by atoms with E-state index in [-0.39, 0.29) is 12.8 Å². The van der Waals surface area contributed by atoms with E-state index in [4.69, 9.17) is 14.5 Å². The van der Waals surface area contributed by atoms with E-state index < -0.39 is 0 Å². The quantitative estimate of drug-likeness (QED) is 0.727. The van der Waals surface area contributed by atoms with Gasteiger partial charge in [0, 0.05) is 30.8 Å². The number of para-hydroxylation sites is 2. The van der Waals surface area contributed by atoms with Crippen LogP contribution in [0.5, 0.6) is 11.5 Å². The van der Waals surface area contributed by atoms with Gasteiger partial charge in [0.1, 0.15) is 5.82 Å². The van der Waals surface area contributed by atoms with Gasteiger partial charge in [-0.05, 0) is 37.1 Å². The van der Waals surface area contributed by atoms with Gasteiger partial charge in [0.25, 0.3) is 0 Å². The number of nitrogens with zero attached hydrogens (tertiary/aromatic N) is 2. The Morgan fingerprint density at radius 1 is 1.11 bits per heavy atom. The number of benzene rings is 2. The summed E-state index contributed by atoms with van der Waals surface area (Å²) in [4.78, 5) is 22.5. The molecule has 7 heteroatoms. The number of rotatable bonds is 2. The van der Waals surface area contributed by atoms with E-state index in [0.717, 1.165) is 29.7 Å². The molecule has 27 heavy (non-hydrogen) atoms. The molecule has 1 fully saturated rings. The van der Waals surface area contributed by atoms with Crippen molar-refractivity contribution in [2.45, 2.75) is 18.8 Å². The third kappa shape index (κ3) is 3.05. The van der Waals surface area contributed by atoms with Crippen LogP contribution in [0.3, 0.4) is 0 Å². The first-order valence-electron chi connectivity index (χ1n) is 9.16. The van der Waals surface area contributed by atoms with E-state index in [1.807, 2.05) is 41.3 Å². The Hall–Kier alpha value is -3.22. The minimum atomic E-state index is -0.0862. The second-order valence-electron chi connectivity index (χ2n) is 6.90. The number of H-pyrrole nitrogens is 1. The van der Waals surface area contributed by atoms with Gasteiger partial charge in [-0.25, -0.2) is 9.78 Å². The van der Waals surface area contributed by atoms with Crippen LogP contribution in [0.15, 0.2) is 42.5 Å². The third-order valence-corrected chi connectivity index (χ3v) is 5.20. The van der Waals surface area contributed by atoms with Gasteiger partial charge in [-0.3, -0.25) is 0 Å². The second kappa shape index (κ2) is 6.50. The average Bonchev–Trinajstić information content (AvgIpc) is 3.34. The fourth-order valence-electron chi connectivity index (χ4n) is 3.70. The standard InChI is InChI=1S/C20H20N4O3/c25-20(21-14-5-6-17-18(11-14)27-12-26-17)24-9-7-13(8-10-24)19-22-15-3-1-2-4-16(15)23-19/h1-6,11,13H,7-10,12H2,(H,21,25)(H,22,23). The number of aromatic amines is 1. The van der Waals surface area contributed by atoms with Gasteiger partial charge in [-0.2, -0.15) is 0 Å². The lowest BCUT2D eigenvalue weighted by molar-refractivity contribution is 0.174. The zero-order valence-corrected chi connectivity index (χ0v) is 14.8. The molecular formula is C20H20N4O3. The largest absolute Gasteiger partial charge is 0.454 e. The molecule has 0 atom stereocenters. The van der Waals surface area contributed by atoms with E-state index in [2.05, 4.69) is 10.3 Å². The molecule has 138 valence electrons. The zero-order valence-electron chi connectivity index (χ0n) is 14.8. The molecule has 1 aromatic heterocycles. The van der Waals surface area contributed by atoms with E-state index >= 15 is 0 Å². The number of carbonyl (C=O) groups is 1. The lowest BCUT2D eigenvalue weighted by atomic mass is 9.96. The molecule has 0 bridgehead atoms. The average molecular weight is 364 g/mol. The number of imidazole rings is 1. The topological polar surface area (TPSA) is 79.5 Å². The van der Waals surface area contributed by atoms with Crippen molar-refractivity contribution in [2.75, 3.05) is 25.2 Å². The predicted octanol–water partition coefficient (Wildman–Crippen LogP) is 3.70. The number of urea groups is 1. The van der Waals surface area contributed by atoms with Gasteiger partial charge < -0.3 is 24.7 Å². The lowest BCUT2D eigenvalue weighted by Crippen LogP contribution is -2.40. The van der Waals surface area contributed by atoms with Crippen LogP contribution in [-0.2, 0) is 0 Å². The van der Waals surface area contributed by atoms with Crippen LogP contribution in [0.25, 0.3) is 11.0 Å². The number of anilines is 1. The minimum absolute atomic E-state index is 0.0862. The fraction of sp³-hybridized carbons (Fsp3) is 0.300. The summed E-state index contributed by atoms with van der Waals surface area (Å²) in [6, 6.07) is 13.4. The lowest BCUT2D eigenvalue weighted by Gasteiger charge is -2.31. The van der Waals surface area contributed by atoms with E-state index in [0.29, 0.717) is 36.2 Å². The summed E-state index contributed by atoms with van der Waals surface area (Å²) < 4.78 is 10.7. The molecule has 2 aliphatic heterocycles. The fourth-order valence-corrected chi connectivity index (χ4v) is 3.70. The molecule has 1 saturated heterocycles. The van der Waals surface area contributed by atoms with Crippen LogP contribution in [-0.4, -0.2) is 40.8 Å². The Bertz CT molecular complexity index is 959. The Balaban J connectivity index is 1.21. The van der Waals surface area contributed by atoms with Crippen molar-refractivity contribution in [2.24, 2.45) is 0 Å². The minimum Gasteiger partial charge on any atom is -0.454 e. The maximum atomic E-state index is 12.6. The van der Waals surface area contributed by atoms with Crippen molar-refractivity contribution < 1.29 is 14.3 Å². The number of hydrogen-bond donors (Lipinski definition) is 2. The number of nitrogens with one attached hydrogen (secondary N) is 2. The summed E-state index contributed by atoms with van der Waals surface area (Å²) in [5.74, 6) is 2.75. The molecule has 3 heterocycles. The summed E-state index contributed by atoms with van der Waals surface area (Å²) in [5.41, 5.74) is 2.77. The first-order valence-corrected chi connectivity index (χ1v) is 9.16. The van der Waals surface area contributed by atoms with Crippen LogP contribution in [0.1, 0.15) is 24.6 Å². The molecule has 3 aromatic rings. The molecule has 0 saturated carbocycles. The summed E-state index contributed by atoms with van der Waals surface area (Å²) in [7, 11) is 0. The molecule has 2 aromatic carbocycles. The summed E-state index contributed by atoms with van der Waals surface area (Å²) in [6.07, 6.45) is 1.79. The third-order valence-electron chi connectivity index (χ3n) is 5.20. The predicted molar refractivity (Wildman–Crippen MR) is 101 cm³/mol. The number of fused-ring (bicyclic) bond motifs is 2. The van der Waals surface area contributed by atoms with Crippen LogP contribution < -0.4 is 14.8 Å². The highest BCUT2D eigenvalue weighted by molar-refractivity contribution is 5.89. The molecule has 2 amide bonds. The Morgan fingerprint density at radius 2 is 1.93 bits per heavy atom. The SMILES string of the molecule is O=C(Nc1ccc2c(c1)OCO2)N1CCC(c2nc3ccccc3[nH]2)CC1. The molecule has 2 N–H and O–H groups in total. The number of piperidine rings is 1. The molecule has 2 aliphatic rings. The molecule has 0 aliphatic carbocycles. The maximum Gasteiger partial charge on any atom is 0.321 e. The van der Waals surface area contributed by atoms with E-state index in [9.17, 15) is 4.79 Å². The van der Waals surface area contributed by atoms with Crippen LogP contribution in [0.2, 0.25) is 0 Å². The zero-order chi connectivity index (χ0) is 18.2. The van der Waals surface area contributed by atoms with Crippen molar-refractivity contribution in [3.8, 4) is 11.5 Å². The van der Waals surface area contributed by atoms with Crippen molar-refractivity contribution in [1.82, 2.24) is 14.9 Å². The van der Waals surface area contributed by atoms with Gasteiger partial charge >= 0.3 is 6.03 Å². The monoisotopic (exact) mass is 364 g/mol. The number of carbonyl (C=O) groups excluding carboxylic acids is 1. The summed E-state index contributed by atoms with van der Waals surface area (Å²) in [5, 5.41) is 2.95. The highest BCUT2D eigenvalue weighted by Gasteiger charge is 2.26. The van der Waals surface area contributed by atoms with Crippen molar-refractivity contribution in [3.63, 3.8) is 0 Å². The Morgan fingerprint density at radius 3 is 2.78 bits per heavy atom. The first-order chi connectivity index (χ1) is 13.3. The van der Waals surface area contributed by atoms with Crippen molar-refractivity contribution in [1.29, 1.82) is 0 Å². The van der Waals surface area contributed by atoms with Gasteiger partial charge in [0.05, 0.1) is 11.0 Å². The summed E-state index contributed by atoms with van der Waals surface area (Å²) >= 11 is 0. The van der Waals surface area contributed by atoms with Gasteiger partial charge in [-0.15, -0.1) is 0 Å². The molecular weight excluding hydrogens is 344 g/mol. The highest BCUT2D eigenvalue weighted by Crippen LogP contribution is 2.34. The maximum absolute atomic E-state index is 12.6. The van der Waals surface area contributed by atoms with Crippen molar-refractivity contribution >= 4 is 22.8 Å². The number of hydrogen-bond acceptors (Lipinski definition) is 4. The molecule has 7 nitrogen and oxygen atoms in total. The van der Waals surface area contributed by atoms with Crippen LogP contribution >= 0.6 is 0 Å². The molecule has 0 spiro atoms. The van der Waals surface area contributed by atoms with Crippen molar-refractivity contribution in [3.05, 3.63) is 48.3 Å². The van der Waals surface area contributed by atoms with Crippen LogP contribution in [0, 0.1) is 0 Å². The molecule has 5 rings (SSSR count). The molecule has 0 unspecified atom stereocenters. The molecule has 0 radical (unpaired) electrons. The normalized spacial score (nSPS) is 16.7. The highest BCUT2D eigenvalue weighted by atomic mass is 16.7. The number of aromatic nitrogens is 2. The van der Waals surface area contributed by atoms with E-state index in [1.54, 1.807) is 6.07 Å². The van der Waals surface area contributed by atoms with Gasteiger partial charge in [0.15, 0.2) is 11.5 Å². The first kappa shape index (κ1) is 16.0. The van der Waals surface area contributed by atoms with E-state index in [1.165, 1.54) is 0 Å². The second-order valence-corrected chi connectivity index (χ2v) is 6.90. The van der Waals surface area contributed by atoms with Gasteiger partial charge in [0.2, 0.25) is 6.79 Å². The number of ether oxygens (including phenoxy) is 2. The number of likely N-dealkylation sites (tertiary alicyclic amines) is 1. The summed E-state index contributed by atoms with van der Waals surface area (Å²) in [6.45, 7) is 1.64. The van der Waals surface area contributed by atoms with Gasteiger partial charge in [-0.1, -0.05) is 12.1 Å². The Kier molecular flexibility index (Phi) is 3.85.